The van der Waals surface area contributed by atoms with Crippen molar-refractivity contribution in [3.8, 4) is 11.6 Å². The number of anilines is 3. The van der Waals surface area contributed by atoms with E-state index in [-0.39, 0.29) is 6.10 Å². The van der Waals surface area contributed by atoms with Crippen LogP contribution in [0.4, 0.5) is 16.6 Å². The maximum atomic E-state index is 6.44. The summed E-state index contributed by atoms with van der Waals surface area (Å²) in [7, 11) is 4.07. The second-order valence-corrected chi connectivity index (χ2v) is 8.88. The van der Waals surface area contributed by atoms with Crippen molar-refractivity contribution in [3.05, 3.63) is 48.3 Å². The van der Waals surface area contributed by atoms with Crippen LogP contribution in [-0.2, 0) is 4.74 Å². The molecule has 1 N–H and O–H groups in total. The number of nitrogens with zero attached hydrogens (tertiary/aromatic N) is 5. The lowest BCUT2D eigenvalue weighted by Gasteiger charge is -2.23. The van der Waals surface area contributed by atoms with Gasteiger partial charge in [0.15, 0.2) is 0 Å². The van der Waals surface area contributed by atoms with Gasteiger partial charge in [0.2, 0.25) is 11.8 Å². The lowest BCUT2D eigenvalue weighted by atomic mass is 10.1. The zero-order valence-corrected chi connectivity index (χ0v) is 19.2. The Bertz CT molecular complexity index is 1230. The van der Waals surface area contributed by atoms with Crippen LogP contribution in [0.2, 0.25) is 0 Å². The second kappa shape index (κ2) is 8.76. The van der Waals surface area contributed by atoms with Crippen LogP contribution in [0.1, 0.15) is 18.5 Å². The molecule has 0 atom stereocenters. The summed E-state index contributed by atoms with van der Waals surface area (Å²) in [4.78, 5) is 11.6. The van der Waals surface area contributed by atoms with Crippen molar-refractivity contribution in [1.29, 1.82) is 0 Å². The fourth-order valence-corrected chi connectivity index (χ4v) is 4.43. The molecule has 0 amide bonds. The summed E-state index contributed by atoms with van der Waals surface area (Å²) in [5, 5.41) is 4.18. The summed E-state index contributed by atoms with van der Waals surface area (Å²) in [6, 6.07) is 12.3. The Morgan fingerprint density at radius 3 is 2.75 bits per heavy atom. The van der Waals surface area contributed by atoms with Crippen LogP contribution in [-0.4, -0.2) is 52.3 Å². The minimum absolute atomic E-state index is 0.0665. The average molecular weight is 451 g/mol. The Morgan fingerprint density at radius 1 is 1.16 bits per heavy atom. The summed E-state index contributed by atoms with van der Waals surface area (Å²) in [5.74, 6) is 1.08. The first-order valence-electron chi connectivity index (χ1n) is 10.7. The number of aromatic nitrogens is 4. The van der Waals surface area contributed by atoms with Crippen LogP contribution in [0.15, 0.2) is 42.6 Å². The normalized spacial score (nSPS) is 14.6. The van der Waals surface area contributed by atoms with Crippen molar-refractivity contribution in [2.24, 2.45) is 0 Å². The van der Waals surface area contributed by atoms with Crippen molar-refractivity contribution in [2.45, 2.75) is 25.9 Å². The molecule has 0 radical (unpaired) electrons. The Labute approximate surface area is 191 Å². The molecule has 0 saturated carbocycles. The monoisotopic (exact) mass is 450 g/mol. The fraction of sp³-hybridized carbons (Fsp3) is 0.348. The van der Waals surface area contributed by atoms with Gasteiger partial charge in [-0.05, 0) is 48.8 Å². The van der Waals surface area contributed by atoms with Gasteiger partial charge in [-0.25, -0.2) is 4.98 Å². The Kier molecular flexibility index (Phi) is 5.67. The van der Waals surface area contributed by atoms with Gasteiger partial charge >= 0.3 is 0 Å². The van der Waals surface area contributed by atoms with E-state index in [0.29, 0.717) is 25.0 Å². The van der Waals surface area contributed by atoms with Crippen LogP contribution in [0.25, 0.3) is 16.7 Å². The molecule has 3 aromatic heterocycles. The molecule has 0 bridgehead atoms. The highest BCUT2D eigenvalue weighted by Gasteiger charge is 2.21. The summed E-state index contributed by atoms with van der Waals surface area (Å²) < 4.78 is 18.4. The number of fused-ring (bicyclic) bond motifs is 1. The van der Waals surface area contributed by atoms with Crippen LogP contribution < -0.4 is 15.0 Å². The van der Waals surface area contributed by atoms with Gasteiger partial charge in [-0.15, -0.1) is 0 Å². The van der Waals surface area contributed by atoms with E-state index in [1.807, 2.05) is 39.3 Å². The highest BCUT2D eigenvalue weighted by atomic mass is 32.1. The zero-order chi connectivity index (χ0) is 22.1. The molecule has 1 aliphatic heterocycles. The quantitative estimate of drug-likeness (QED) is 0.462. The molecule has 166 valence electrons. The molecular formula is C23H26N6O2S. The molecule has 0 unspecified atom stereocenters. The van der Waals surface area contributed by atoms with Gasteiger partial charge in [0.05, 0.1) is 24.4 Å². The predicted octanol–water partition coefficient (Wildman–Crippen LogP) is 4.55. The largest absolute Gasteiger partial charge is 0.473 e. The van der Waals surface area contributed by atoms with Crippen molar-refractivity contribution in [2.75, 3.05) is 37.5 Å². The van der Waals surface area contributed by atoms with Crippen LogP contribution in [0.3, 0.4) is 0 Å². The molecule has 32 heavy (non-hydrogen) atoms. The number of ether oxygens (including phenoxy) is 2. The van der Waals surface area contributed by atoms with E-state index in [4.69, 9.17) is 19.4 Å². The standard InChI is InChI=1S/C23H26N6O2S/c1-15-13-20(32-27-15)25-23-24-19-7-10-29(17-6-4-5-16(14-17)28(2)3)21(19)22(26-23)31-18-8-11-30-12-9-18/h4-7,10,13-14,18H,8-9,11-12H2,1-3H3,(H,24,25,26). The molecule has 1 aliphatic rings. The Morgan fingerprint density at radius 2 is 2.00 bits per heavy atom. The van der Waals surface area contributed by atoms with Crippen LogP contribution in [0, 0.1) is 6.92 Å². The van der Waals surface area contributed by atoms with Gasteiger partial charge in [0.25, 0.3) is 0 Å². The lowest BCUT2D eigenvalue weighted by molar-refractivity contribution is 0.0243. The SMILES string of the molecule is Cc1cc(Nc2nc(OC3CCOCC3)c3c(ccn3-c3cccc(N(C)C)c3)n2)sn1. The van der Waals surface area contributed by atoms with Crippen molar-refractivity contribution < 1.29 is 9.47 Å². The first-order chi connectivity index (χ1) is 15.6. The molecule has 9 heteroatoms. The second-order valence-electron chi connectivity index (χ2n) is 8.07. The lowest BCUT2D eigenvalue weighted by Crippen LogP contribution is -2.26. The average Bonchev–Trinajstić information content (AvgIpc) is 3.40. The third-order valence-electron chi connectivity index (χ3n) is 5.44. The first-order valence-corrected chi connectivity index (χ1v) is 11.5. The van der Waals surface area contributed by atoms with E-state index in [0.717, 1.165) is 45.9 Å². The number of hydrogen-bond donors (Lipinski definition) is 1. The van der Waals surface area contributed by atoms with Crippen LogP contribution in [0.5, 0.6) is 5.88 Å². The number of aryl methyl sites for hydroxylation is 1. The van der Waals surface area contributed by atoms with Gasteiger partial charge in [0, 0.05) is 44.5 Å². The first kappa shape index (κ1) is 20.7. The number of rotatable bonds is 6. The summed E-state index contributed by atoms with van der Waals surface area (Å²) in [6.07, 6.45) is 3.78. The molecule has 8 nitrogen and oxygen atoms in total. The molecule has 0 spiro atoms. The maximum Gasteiger partial charge on any atom is 0.244 e. The van der Waals surface area contributed by atoms with E-state index >= 15 is 0 Å². The van der Waals surface area contributed by atoms with E-state index in [1.165, 1.54) is 11.5 Å². The molecule has 4 heterocycles. The van der Waals surface area contributed by atoms with E-state index in [9.17, 15) is 0 Å². The fourth-order valence-electron chi connectivity index (χ4n) is 3.77. The third kappa shape index (κ3) is 4.26. The summed E-state index contributed by atoms with van der Waals surface area (Å²) in [5.41, 5.74) is 4.80. The smallest absolute Gasteiger partial charge is 0.244 e. The van der Waals surface area contributed by atoms with Gasteiger partial charge < -0.3 is 24.3 Å². The van der Waals surface area contributed by atoms with Gasteiger partial charge in [0.1, 0.15) is 16.6 Å². The molecule has 0 aliphatic carbocycles. The van der Waals surface area contributed by atoms with Crippen molar-refractivity contribution >= 4 is 39.2 Å². The van der Waals surface area contributed by atoms with Crippen LogP contribution >= 0.6 is 11.5 Å². The number of nitrogens with one attached hydrogen (secondary N) is 1. The summed E-state index contributed by atoms with van der Waals surface area (Å²) in [6.45, 7) is 3.37. The molecular weight excluding hydrogens is 424 g/mol. The molecule has 1 saturated heterocycles. The Hall–Kier alpha value is -3.17. The molecule has 1 fully saturated rings. The number of hydrogen-bond acceptors (Lipinski definition) is 8. The van der Waals surface area contributed by atoms with E-state index < -0.39 is 0 Å². The summed E-state index contributed by atoms with van der Waals surface area (Å²) >= 11 is 1.39. The Balaban J connectivity index is 1.59. The third-order valence-corrected chi connectivity index (χ3v) is 6.23. The van der Waals surface area contributed by atoms with E-state index in [1.54, 1.807) is 0 Å². The van der Waals surface area contributed by atoms with E-state index in [2.05, 4.69) is 43.4 Å². The van der Waals surface area contributed by atoms with Gasteiger partial charge in [-0.2, -0.15) is 9.36 Å². The van der Waals surface area contributed by atoms with Crippen molar-refractivity contribution in [1.82, 2.24) is 18.9 Å². The molecule has 4 aromatic rings. The highest BCUT2D eigenvalue weighted by molar-refractivity contribution is 7.10. The van der Waals surface area contributed by atoms with Gasteiger partial charge in [-0.3, -0.25) is 0 Å². The predicted molar refractivity (Wildman–Crippen MR) is 128 cm³/mol. The topological polar surface area (TPSA) is 77.3 Å². The molecule has 1 aromatic carbocycles. The zero-order valence-electron chi connectivity index (χ0n) is 18.4. The minimum atomic E-state index is 0.0665. The maximum absolute atomic E-state index is 6.44. The molecule has 5 rings (SSSR count). The van der Waals surface area contributed by atoms with Gasteiger partial charge in [-0.1, -0.05) is 6.07 Å². The highest BCUT2D eigenvalue weighted by Crippen LogP contribution is 2.32. The number of benzene rings is 1. The van der Waals surface area contributed by atoms with Crippen molar-refractivity contribution in [3.63, 3.8) is 0 Å². The minimum Gasteiger partial charge on any atom is -0.473 e.